The highest BCUT2D eigenvalue weighted by atomic mass is 16.4. The molecule has 0 saturated heterocycles. The second-order valence-corrected chi connectivity index (χ2v) is 17.4. The third kappa shape index (κ3) is 4.54. The lowest BCUT2D eigenvalue weighted by atomic mass is 9.32. The Bertz CT molecular complexity index is 959. The quantitative estimate of drug-likeness (QED) is 0.256. The molecule has 0 radical (unpaired) electrons. The largest absolute Gasteiger partial charge is 0.390 e. The first kappa shape index (κ1) is 32.2. The number of aliphatic hydroxyl groups excluding tert-OH is 5. The van der Waals surface area contributed by atoms with Gasteiger partial charge in [-0.2, -0.15) is 0 Å². The van der Waals surface area contributed by atoms with E-state index in [1.165, 1.54) is 51.4 Å². The Labute approximate surface area is 249 Å². The van der Waals surface area contributed by atoms with Gasteiger partial charge in [-0.1, -0.05) is 54.9 Å². The van der Waals surface area contributed by atoms with Gasteiger partial charge in [0, 0.05) is 6.54 Å². The normalized spacial score (nSPS) is 49.8. The van der Waals surface area contributed by atoms with Crippen molar-refractivity contribution in [3.8, 4) is 0 Å². The first-order valence-electron chi connectivity index (χ1n) is 17.1. The second-order valence-electron chi connectivity index (χ2n) is 17.4. The fourth-order valence-corrected chi connectivity index (χ4v) is 13.3. The maximum absolute atomic E-state index is 11.2. The molecule has 15 atom stereocenters. The molecule has 0 bridgehead atoms. The van der Waals surface area contributed by atoms with Crippen molar-refractivity contribution in [1.29, 1.82) is 0 Å². The Morgan fingerprint density at radius 2 is 1.17 bits per heavy atom. The van der Waals surface area contributed by atoms with E-state index in [2.05, 4.69) is 41.5 Å². The van der Waals surface area contributed by atoms with E-state index in [0.29, 0.717) is 33.5 Å². The van der Waals surface area contributed by atoms with E-state index in [-0.39, 0.29) is 23.8 Å². The Morgan fingerprint density at radius 1 is 0.610 bits per heavy atom. The maximum atomic E-state index is 11.2. The molecule has 0 aromatic carbocycles. The molecule has 5 aliphatic rings. The summed E-state index contributed by atoms with van der Waals surface area (Å²) < 4.78 is 0. The highest BCUT2D eigenvalue weighted by Gasteiger charge is 2.70. The number of nitrogens with two attached hydrogens (primary N) is 1. The number of aliphatic hydroxyl groups is 5. The Morgan fingerprint density at radius 3 is 1.78 bits per heavy atom. The SMILES string of the molecule is C[C@H]([C@@H](O)[C@@H](O)[C@@H](O)[C@@H](O)[C@@H](O)CN)[C@@H]1CC[C@@]2(C)[C@H]3CC[C@@H]4[C@]5(C)CCCC(C)(C)[C@@H]5CC[C@@]4(C)[C@]3(C)CC[C@@H]12. The van der Waals surface area contributed by atoms with Crippen molar-refractivity contribution in [1.82, 2.24) is 0 Å². The van der Waals surface area contributed by atoms with Crippen LogP contribution in [0.1, 0.15) is 119 Å². The summed E-state index contributed by atoms with van der Waals surface area (Å²) in [6.45, 7) is 17.4. The molecule has 0 aliphatic heterocycles. The third-order valence-corrected chi connectivity index (χ3v) is 15.7. The summed E-state index contributed by atoms with van der Waals surface area (Å²) in [6.07, 6.45) is 6.79. The van der Waals surface area contributed by atoms with Crippen molar-refractivity contribution in [2.45, 2.75) is 150 Å². The Hall–Kier alpha value is -0.240. The lowest BCUT2D eigenvalue weighted by Gasteiger charge is -2.73. The predicted molar refractivity (Wildman–Crippen MR) is 163 cm³/mol. The highest BCUT2D eigenvalue weighted by molar-refractivity contribution is 5.19. The average Bonchev–Trinajstić information content (AvgIpc) is 3.27. The highest BCUT2D eigenvalue weighted by Crippen LogP contribution is 2.78. The van der Waals surface area contributed by atoms with Gasteiger partial charge in [-0.3, -0.25) is 0 Å². The van der Waals surface area contributed by atoms with E-state index in [9.17, 15) is 25.5 Å². The molecule has 5 saturated carbocycles. The number of hydrogen-bond donors (Lipinski definition) is 6. The molecule has 0 heterocycles. The van der Waals surface area contributed by atoms with Crippen LogP contribution in [0.15, 0.2) is 0 Å². The van der Waals surface area contributed by atoms with Crippen LogP contribution in [-0.2, 0) is 0 Å². The van der Waals surface area contributed by atoms with Crippen LogP contribution in [0.3, 0.4) is 0 Å². The molecule has 5 aliphatic carbocycles. The zero-order chi connectivity index (χ0) is 30.3. The van der Waals surface area contributed by atoms with Crippen molar-refractivity contribution < 1.29 is 25.5 Å². The van der Waals surface area contributed by atoms with Crippen LogP contribution in [0.2, 0.25) is 0 Å². The van der Waals surface area contributed by atoms with Gasteiger partial charge in [0.05, 0.1) is 12.2 Å². The molecule has 0 aromatic rings. The molecule has 0 amide bonds. The minimum absolute atomic E-state index is 0.210. The minimum Gasteiger partial charge on any atom is -0.390 e. The van der Waals surface area contributed by atoms with Crippen molar-refractivity contribution in [2.24, 2.45) is 68.3 Å². The lowest BCUT2D eigenvalue weighted by Crippen LogP contribution is -2.65. The molecule has 41 heavy (non-hydrogen) atoms. The molecular weight excluding hydrogens is 514 g/mol. The summed E-state index contributed by atoms with van der Waals surface area (Å²) in [5, 5.41) is 52.7. The van der Waals surface area contributed by atoms with Gasteiger partial charge >= 0.3 is 0 Å². The van der Waals surface area contributed by atoms with Crippen LogP contribution in [0.25, 0.3) is 0 Å². The van der Waals surface area contributed by atoms with Crippen molar-refractivity contribution in [3.63, 3.8) is 0 Å². The van der Waals surface area contributed by atoms with Crippen LogP contribution in [0.5, 0.6) is 0 Å². The molecule has 7 N–H and O–H groups in total. The van der Waals surface area contributed by atoms with Crippen molar-refractivity contribution in [3.05, 3.63) is 0 Å². The molecule has 238 valence electrons. The third-order valence-electron chi connectivity index (χ3n) is 15.7. The molecule has 6 heteroatoms. The van der Waals surface area contributed by atoms with Gasteiger partial charge < -0.3 is 31.3 Å². The molecule has 0 aromatic heterocycles. The van der Waals surface area contributed by atoms with Gasteiger partial charge in [0.1, 0.15) is 18.3 Å². The summed E-state index contributed by atoms with van der Waals surface area (Å²) in [6, 6.07) is 0. The Balaban J connectivity index is 1.36. The lowest BCUT2D eigenvalue weighted by molar-refractivity contribution is -0.242. The smallest absolute Gasteiger partial charge is 0.111 e. The Kier molecular flexibility index (Phi) is 8.38. The summed E-state index contributed by atoms with van der Waals surface area (Å²) in [5.74, 6) is 2.81. The predicted octanol–water partition coefficient (Wildman–Crippen LogP) is 4.88. The fourth-order valence-electron chi connectivity index (χ4n) is 13.3. The van der Waals surface area contributed by atoms with Gasteiger partial charge in [0.25, 0.3) is 0 Å². The van der Waals surface area contributed by atoms with E-state index >= 15 is 0 Å². The average molecular weight is 578 g/mol. The maximum Gasteiger partial charge on any atom is 0.111 e. The first-order chi connectivity index (χ1) is 19.0. The van der Waals surface area contributed by atoms with Crippen molar-refractivity contribution in [2.75, 3.05) is 6.54 Å². The monoisotopic (exact) mass is 577 g/mol. The molecule has 0 unspecified atom stereocenters. The number of rotatable bonds is 7. The zero-order valence-electron chi connectivity index (χ0n) is 27.1. The molecule has 0 spiro atoms. The summed E-state index contributed by atoms with van der Waals surface area (Å²) in [7, 11) is 0. The van der Waals surface area contributed by atoms with Gasteiger partial charge in [-0.05, 0) is 127 Å². The fraction of sp³-hybridized carbons (Fsp3) is 1.00. The molecule has 6 nitrogen and oxygen atoms in total. The van der Waals surface area contributed by atoms with Crippen LogP contribution < -0.4 is 5.73 Å². The molecule has 5 fully saturated rings. The molecular formula is C35H63NO5. The van der Waals surface area contributed by atoms with Crippen molar-refractivity contribution >= 4 is 0 Å². The van der Waals surface area contributed by atoms with E-state index in [1.807, 2.05) is 6.92 Å². The molecule has 5 rings (SSSR count). The summed E-state index contributed by atoms with van der Waals surface area (Å²) in [5.41, 5.74) is 7.20. The number of hydrogen-bond acceptors (Lipinski definition) is 6. The minimum atomic E-state index is -1.65. The van der Waals surface area contributed by atoms with Gasteiger partial charge in [-0.15, -0.1) is 0 Å². The summed E-state index contributed by atoms with van der Waals surface area (Å²) >= 11 is 0. The zero-order valence-corrected chi connectivity index (χ0v) is 27.1. The van der Waals surface area contributed by atoms with E-state index in [1.54, 1.807) is 0 Å². The van der Waals surface area contributed by atoms with Crippen LogP contribution in [0, 0.1) is 62.6 Å². The van der Waals surface area contributed by atoms with Gasteiger partial charge in [-0.25, -0.2) is 0 Å². The number of fused-ring (bicyclic) bond motifs is 7. The standard InChI is InChI=1S/C35H63NO5/c1-20(27(38)29(40)30(41)28(39)23(37)19-36)21-11-16-32(4)22(21)12-17-34(6)25(32)9-10-26-33(5)15-8-14-31(2,3)24(33)13-18-35(26,34)7/h20-30,37-41H,8-19,36H2,1-7H3/t20-,21-,22-,23-,24-,25+,26+,27+,28-,29+,30-,32+,33+,34+,35+/m0/s1. The summed E-state index contributed by atoms with van der Waals surface area (Å²) in [4.78, 5) is 0. The second kappa shape index (κ2) is 10.7. The van der Waals surface area contributed by atoms with E-state index < -0.39 is 30.5 Å². The van der Waals surface area contributed by atoms with Crippen LogP contribution >= 0.6 is 0 Å². The topological polar surface area (TPSA) is 127 Å². The van der Waals surface area contributed by atoms with Gasteiger partial charge in [0.2, 0.25) is 0 Å². The van der Waals surface area contributed by atoms with E-state index in [0.717, 1.165) is 31.1 Å². The van der Waals surface area contributed by atoms with Crippen LogP contribution in [-0.4, -0.2) is 62.6 Å². The van der Waals surface area contributed by atoms with Crippen LogP contribution in [0.4, 0.5) is 0 Å². The van der Waals surface area contributed by atoms with E-state index in [4.69, 9.17) is 5.73 Å². The van der Waals surface area contributed by atoms with Gasteiger partial charge in [0.15, 0.2) is 0 Å². The first-order valence-corrected chi connectivity index (χ1v) is 17.1.